The smallest absolute Gasteiger partial charge is 0.322 e. The number of anilines is 2. The molecule has 0 atom stereocenters. The summed E-state index contributed by atoms with van der Waals surface area (Å²) in [4.78, 5) is 39.7. The Bertz CT molecular complexity index is 1110. The van der Waals surface area contributed by atoms with Gasteiger partial charge in [-0.1, -0.05) is 18.2 Å². The van der Waals surface area contributed by atoms with E-state index in [9.17, 15) is 9.59 Å². The lowest BCUT2D eigenvalue weighted by atomic mass is 10.1. The number of ether oxygens (including phenoxy) is 1. The molecule has 2 aromatic heterocycles. The number of para-hydroxylation sites is 1. The molecule has 2 N–H and O–H groups in total. The number of hydrogen-bond donors (Lipinski definition) is 2. The maximum Gasteiger partial charge on any atom is 0.322 e. The third-order valence-electron chi connectivity index (χ3n) is 5.37. The topological polar surface area (TPSA) is 109 Å². The summed E-state index contributed by atoms with van der Waals surface area (Å²) in [6.07, 6.45) is 4.97. The Morgan fingerprint density at radius 1 is 1.12 bits per heavy atom. The van der Waals surface area contributed by atoms with Gasteiger partial charge in [-0.05, 0) is 30.7 Å². The van der Waals surface area contributed by atoms with Gasteiger partial charge in [0.2, 0.25) is 0 Å². The van der Waals surface area contributed by atoms with Crippen LogP contribution in [-0.2, 0) is 22.5 Å². The number of aromatic nitrogens is 3. The minimum Gasteiger partial charge on any atom is -0.469 e. The molecule has 1 aromatic carbocycles. The minimum atomic E-state index is -0.249. The fourth-order valence-electron chi connectivity index (χ4n) is 3.62. The summed E-state index contributed by atoms with van der Waals surface area (Å²) in [5, 5.41) is 6.27. The zero-order valence-corrected chi connectivity index (χ0v) is 18.5. The number of pyridine rings is 1. The monoisotopic (exact) mass is 446 g/mol. The molecule has 33 heavy (non-hydrogen) atoms. The van der Waals surface area contributed by atoms with Crippen LogP contribution in [0.25, 0.3) is 11.4 Å². The molecule has 3 aromatic rings. The maximum atomic E-state index is 12.8. The summed E-state index contributed by atoms with van der Waals surface area (Å²) in [6.45, 7) is 1.48. The molecular weight excluding hydrogens is 420 g/mol. The lowest BCUT2D eigenvalue weighted by Crippen LogP contribution is -2.39. The van der Waals surface area contributed by atoms with Gasteiger partial charge in [0.05, 0.1) is 19.3 Å². The number of urea groups is 1. The molecule has 0 spiro atoms. The first kappa shape index (κ1) is 22.2. The predicted molar refractivity (Wildman–Crippen MR) is 125 cm³/mol. The molecule has 9 heteroatoms. The van der Waals surface area contributed by atoms with Crippen molar-refractivity contribution in [2.75, 3.05) is 30.8 Å². The van der Waals surface area contributed by atoms with E-state index >= 15 is 0 Å². The van der Waals surface area contributed by atoms with Gasteiger partial charge >= 0.3 is 12.0 Å². The highest BCUT2D eigenvalue weighted by molar-refractivity contribution is 5.89. The highest BCUT2D eigenvalue weighted by Crippen LogP contribution is 2.27. The normalized spacial score (nSPS) is 12.6. The van der Waals surface area contributed by atoms with Crippen LogP contribution in [0.15, 0.2) is 54.9 Å². The van der Waals surface area contributed by atoms with Crippen molar-refractivity contribution in [3.63, 3.8) is 0 Å². The van der Waals surface area contributed by atoms with E-state index < -0.39 is 0 Å². The van der Waals surface area contributed by atoms with Gasteiger partial charge in [-0.2, -0.15) is 0 Å². The van der Waals surface area contributed by atoms with Gasteiger partial charge in [0.25, 0.3) is 0 Å². The first-order valence-electron chi connectivity index (χ1n) is 10.9. The number of benzene rings is 1. The van der Waals surface area contributed by atoms with E-state index in [1.165, 1.54) is 7.11 Å². The highest BCUT2D eigenvalue weighted by atomic mass is 16.5. The van der Waals surface area contributed by atoms with Crippen LogP contribution in [0.5, 0.6) is 0 Å². The fourth-order valence-corrected chi connectivity index (χ4v) is 3.62. The van der Waals surface area contributed by atoms with E-state index in [1.54, 1.807) is 17.3 Å². The Morgan fingerprint density at radius 2 is 1.97 bits per heavy atom. The van der Waals surface area contributed by atoms with Crippen LogP contribution in [0.2, 0.25) is 0 Å². The summed E-state index contributed by atoms with van der Waals surface area (Å²) in [5.41, 5.74) is 3.36. The molecule has 0 saturated carbocycles. The van der Waals surface area contributed by atoms with E-state index in [2.05, 4.69) is 15.6 Å². The van der Waals surface area contributed by atoms with Crippen LogP contribution in [0, 0.1) is 0 Å². The van der Waals surface area contributed by atoms with E-state index in [-0.39, 0.29) is 12.0 Å². The number of methoxy groups -OCH3 is 1. The second-order valence-electron chi connectivity index (χ2n) is 7.64. The Balaban J connectivity index is 1.55. The van der Waals surface area contributed by atoms with Gasteiger partial charge in [0.15, 0.2) is 5.82 Å². The third-order valence-corrected chi connectivity index (χ3v) is 5.37. The fraction of sp³-hybridized carbons (Fsp3) is 0.292. The Morgan fingerprint density at radius 3 is 2.73 bits per heavy atom. The molecule has 1 aliphatic heterocycles. The molecule has 0 unspecified atom stereocenters. The molecule has 3 heterocycles. The minimum absolute atomic E-state index is 0.167. The summed E-state index contributed by atoms with van der Waals surface area (Å²) in [5.74, 6) is 1.00. The Labute approximate surface area is 192 Å². The van der Waals surface area contributed by atoms with Crippen LogP contribution < -0.4 is 10.6 Å². The molecule has 0 fully saturated rings. The average Bonchev–Trinajstić information content (AvgIpc) is 2.87. The lowest BCUT2D eigenvalue weighted by Gasteiger charge is -2.30. The SMILES string of the molecule is COC(=O)CCCNc1nc(-c2cccnc2)nc2c1CN(C(=O)Nc1ccccc1)CC2. The largest absolute Gasteiger partial charge is 0.469 e. The first-order valence-corrected chi connectivity index (χ1v) is 10.9. The standard InChI is InChI=1S/C24H26N6O3/c1-33-21(31)10-6-13-26-23-19-16-30(24(32)27-18-8-3-2-4-9-18)14-11-20(19)28-22(29-23)17-7-5-12-25-15-17/h2-5,7-9,12,15H,6,10-11,13-14,16H2,1H3,(H,27,32)(H,26,28,29). The molecular formula is C24H26N6O3. The molecule has 9 nitrogen and oxygen atoms in total. The van der Waals surface area contributed by atoms with Crippen molar-refractivity contribution < 1.29 is 14.3 Å². The number of carbonyl (C=O) groups excluding carboxylic acids is 2. The number of esters is 1. The number of carbonyl (C=O) groups is 2. The van der Waals surface area contributed by atoms with E-state index in [4.69, 9.17) is 14.7 Å². The molecule has 170 valence electrons. The number of nitrogens with one attached hydrogen (secondary N) is 2. The summed E-state index contributed by atoms with van der Waals surface area (Å²) in [6, 6.07) is 13.0. The van der Waals surface area contributed by atoms with E-state index in [0.29, 0.717) is 50.5 Å². The van der Waals surface area contributed by atoms with Gasteiger partial charge in [0, 0.05) is 55.1 Å². The lowest BCUT2D eigenvalue weighted by molar-refractivity contribution is -0.140. The average molecular weight is 447 g/mol. The van der Waals surface area contributed by atoms with Crippen LogP contribution >= 0.6 is 0 Å². The van der Waals surface area contributed by atoms with Crippen molar-refractivity contribution >= 4 is 23.5 Å². The predicted octanol–water partition coefficient (Wildman–Crippen LogP) is 3.49. The molecule has 1 aliphatic rings. The van der Waals surface area contributed by atoms with Gasteiger partial charge in [-0.15, -0.1) is 0 Å². The number of amides is 2. The van der Waals surface area contributed by atoms with Crippen LogP contribution in [0.3, 0.4) is 0 Å². The van der Waals surface area contributed by atoms with Crippen LogP contribution in [0.1, 0.15) is 24.1 Å². The zero-order chi connectivity index (χ0) is 23.0. The van der Waals surface area contributed by atoms with Gasteiger partial charge in [0.1, 0.15) is 5.82 Å². The third kappa shape index (κ3) is 5.62. The molecule has 2 amide bonds. The quantitative estimate of drug-likeness (QED) is 0.422. The Kier molecular flexibility index (Phi) is 7.09. The van der Waals surface area contributed by atoms with Crippen molar-refractivity contribution in [3.8, 4) is 11.4 Å². The number of fused-ring (bicyclic) bond motifs is 1. The number of rotatable bonds is 7. The van der Waals surface area contributed by atoms with Gasteiger partial charge in [-0.3, -0.25) is 9.78 Å². The summed E-state index contributed by atoms with van der Waals surface area (Å²) in [7, 11) is 1.38. The van der Waals surface area contributed by atoms with Crippen molar-refractivity contribution in [2.24, 2.45) is 0 Å². The molecule has 0 radical (unpaired) electrons. The second kappa shape index (κ2) is 10.5. The second-order valence-corrected chi connectivity index (χ2v) is 7.64. The van der Waals surface area contributed by atoms with Crippen LogP contribution in [0.4, 0.5) is 16.3 Å². The molecule has 0 aliphatic carbocycles. The van der Waals surface area contributed by atoms with Crippen molar-refractivity contribution in [3.05, 3.63) is 66.1 Å². The highest BCUT2D eigenvalue weighted by Gasteiger charge is 2.26. The zero-order valence-electron chi connectivity index (χ0n) is 18.5. The van der Waals surface area contributed by atoms with Crippen LogP contribution in [-0.4, -0.2) is 52.1 Å². The van der Waals surface area contributed by atoms with Crippen molar-refractivity contribution in [1.82, 2.24) is 19.9 Å². The van der Waals surface area contributed by atoms with E-state index in [0.717, 1.165) is 22.5 Å². The maximum absolute atomic E-state index is 12.8. The molecule has 0 saturated heterocycles. The van der Waals surface area contributed by atoms with Gasteiger partial charge in [-0.25, -0.2) is 14.8 Å². The molecule has 0 bridgehead atoms. The number of hydrogen-bond acceptors (Lipinski definition) is 7. The summed E-state index contributed by atoms with van der Waals surface area (Å²) >= 11 is 0. The number of nitrogens with zero attached hydrogens (tertiary/aromatic N) is 4. The summed E-state index contributed by atoms with van der Waals surface area (Å²) < 4.78 is 4.71. The van der Waals surface area contributed by atoms with E-state index in [1.807, 2.05) is 42.5 Å². The van der Waals surface area contributed by atoms with Gasteiger partial charge < -0.3 is 20.3 Å². The molecule has 4 rings (SSSR count). The first-order chi connectivity index (χ1) is 16.1. The Hall–Kier alpha value is -4.01. The van der Waals surface area contributed by atoms with Crippen molar-refractivity contribution in [2.45, 2.75) is 25.8 Å². The van der Waals surface area contributed by atoms with Crippen molar-refractivity contribution in [1.29, 1.82) is 0 Å².